The molecular formula is C24H35N5O3. The number of piperazine rings is 1. The zero-order valence-corrected chi connectivity index (χ0v) is 19.2. The van der Waals surface area contributed by atoms with Crippen LogP contribution in [0, 0.1) is 11.8 Å². The Morgan fingerprint density at radius 1 is 1.00 bits per heavy atom. The van der Waals surface area contributed by atoms with E-state index in [0.717, 1.165) is 25.1 Å². The molecule has 32 heavy (non-hydrogen) atoms. The molecule has 174 valence electrons. The molecule has 0 bridgehead atoms. The minimum atomic E-state index is -0.284. The van der Waals surface area contributed by atoms with E-state index < -0.39 is 0 Å². The van der Waals surface area contributed by atoms with Crippen LogP contribution in [-0.4, -0.2) is 84.3 Å². The van der Waals surface area contributed by atoms with Gasteiger partial charge in [-0.05, 0) is 25.1 Å². The van der Waals surface area contributed by atoms with Gasteiger partial charge in [-0.15, -0.1) is 0 Å². The lowest BCUT2D eigenvalue weighted by atomic mass is 9.83. The van der Waals surface area contributed by atoms with Gasteiger partial charge in [0.1, 0.15) is 0 Å². The van der Waals surface area contributed by atoms with Crippen molar-refractivity contribution in [3.8, 4) is 0 Å². The summed E-state index contributed by atoms with van der Waals surface area (Å²) < 4.78 is 0. The van der Waals surface area contributed by atoms with E-state index in [2.05, 4.69) is 24.2 Å². The van der Waals surface area contributed by atoms with Crippen LogP contribution < -0.4 is 10.4 Å². The molecule has 3 unspecified atom stereocenters. The third-order valence-corrected chi connectivity index (χ3v) is 7.06. The quantitative estimate of drug-likeness (QED) is 0.721. The highest BCUT2D eigenvalue weighted by Gasteiger charge is 2.51. The molecule has 3 atom stereocenters. The lowest BCUT2D eigenvalue weighted by molar-refractivity contribution is -0.145. The first-order valence-electron chi connectivity index (χ1n) is 12.0. The van der Waals surface area contributed by atoms with Crippen molar-refractivity contribution in [1.29, 1.82) is 0 Å². The molecular weight excluding hydrogens is 406 g/mol. The summed E-state index contributed by atoms with van der Waals surface area (Å²) in [5, 5.41) is 1.62. The standard InChI is InChI=1S/C24H35N5O3/c1-3-5-11-21(30)27-12-14-28(15-13-27)23(31)19-16-26(4-2)17-20-22(19)25-29(24(20)32)18-9-7-6-8-10-18/h6-10,19-20,22,25H,3-5,11-17H2,1-2H3. The van der Waals surface area contributed by atoms with E-state index in [1.807, 2.05) is 40.1 Å². The first-order chi connectivity index (χ1) is 15.5. The molecule has 0 saturated carbocycles. The van der Waals surface area contributed by atoms with Crippen LogP contribution in [0.3, 0.4) is 0 Å². The van der Waals surface area contributed by atoms with Crippen LogP contribution in [0.4, 0.5) is 5.69 Å². The summed E-state index contributed by atoms with van der Waals surface area (Å²) in [4.78, 5) is 45.1. The molecule has 3 aliphatic heterocycles. The Morgan fingerprint density at radius 3 is 2.34 bits per heavy atom. The molecule has 1 aromatic rings. The van der Waals surface area contributed by atoms with E-state index in [1.165, 1.54) is 0 Å². The molecule has 4 rings (SSSR count). The average molecular weight is 442 g/mol. The number of nitrogens with one attached hydrogen (secondary N) is 1. The van der Waals surface area contributed by atoms with Crippen molar-refractivity contribution in [2.24, 2.45) is 11.8 Å². The molecule has 3 amide bonds. The highest BCUT2D eigenvalue weighted by molar-refractivity contribution is 5.98. The molecule has 8 heteroatoms. The maximum Gasteiger partial charge on any atom is 0.247 e. The highest BCUT2D eigenvalue weighted by Crippen LogP contribution is 2.32. The second-order valence-corrected chi connectivity index (χ2v) is 9.04. The van der Waals surface area contributed by atoms with Crippen LogP contribution in [0.25, 0.3) is 0 Å². The average Bonchev–Trinajstić information content (AvgIpc) is 3.18. The first kappa shape index (κ1) is 22.7. The molecule has 1 N–H and O–H groups in total. The Labute approximate surface area is 190 Å². The maximum atomic E-state index is 13.6. The summed E-state index contributed by atoms with van der Waals surface area (Å²) >= 11 is 0. The van der Waals surface area contributed by atoms with Gasteiger partial charge < -0.3 is 14.7 Å². The summed E-state index contributed by atoms with van der Waals surface area (Å²) in [6.07, 6.45) is 2.51. The van der Waals surface area contributed by atoms with Gasteiger partial charge in [-0.3, -0.25) is 14.4 Å². The predicted octanol–water partition coefficient (Wildman–Crippen LogP) is 1.34. The number of amides is 3. The third-order valence-electron chi connectivity index (χ3n) is 7.06. The number of fused-ring (bicyclic) bond motifs is 1. The number of benzene rings is 1. The molecule has 0 radical (unpaired) electrons. The smallest absolute Gasteiger partial charge is 0.247 e. The number of hydrogen-bond donors (Lipinski definition) is 1. The topological polar surface area (TPSA) is 76.2 Å². The lowest BCUT2D eigenvalue weighted by Crippen LogP contribution is -2.60. The minimum absolute atomic E-state index is 0.0310. The fourth-order valence-corrected chi connectivity index (χ4v) is 5.09. The molecule has 3 fully saturated rings. The Hall–Kier alpha value is -2.45. The number of rotatable bonds is 6. The zero-order valence-electron chi connectivity index (χ0n) is 19.2. The van der Waals surface area contributed by atoms with Crippen molar-refractivity contribution in [2.75, 3.05) is 50.8 Å². The monoisotopic (exact) mass is 441 g/mol. The van der Waals surface area contributed by atoms with Crippen LogP contribution in [0.5, 0.6) is 0 Å². The van der Waals surface area contributed by atoms with Crippen molar-refractivity contribution in [3.05, 3.63) is 30.3 Å². The van der Waals surface area contributed by atoms with Crippen LogP contribution in [0.1, 0.15) is 33.1 Å². The van der Waals surface area contributed by atoms with Crippen molar-refractivity contribution in [2.45, 2.75) is 39.2 Å². The van der Waals surface area contributed by atoms with Crippen LogP contribution in [-0.2, 0) is 14.4 Å². The molecule has 3 aliphatic rings. The Kier molecular flexibility index (Phi) is 7.10. The molecule has 0 spiro atoms. The second kappa shape index (κ2) is 10.0. The maximum absolute atomic E-state index is 13.6. The molecule has 0 aliphatic carbocycles. The fourth-order valence-electron chi connectivity index (χ4n) is 5.09. The van der Waals surface area contributed by atoms with Gasteiger partial charge >= 0.3 is 0 Å². The summed E-state index contributed by atoms with van der Waals surface area (Å²) in [6, 6.07) is 9.36. The van der Waals surface area contributed by atoms with Gasteiger partial charge in [0, 0.05) is 45.7 Å². The van der Waals surface area contributed by atoms with Gasteiger partial charge in [0.25, 0.3) is 0 Å². The molecule has 1 aromatic carbocycles. The van der Waals surface area contributed by atoms with Gasteiger partial charge in [0.05, 0.1) is 23.6 Å². The van der Waals surface area contributed by atoms with Crippen molar-refractivity contribution in [3.63, 3.8) is 0 Å². The summed E-state index contributed by atoms with van der Waals surface area (Å²) in [5.74, 6) is -0.212. The van der Waals surface area contributed by atoms with E-state index >= 15 is 0 Å². The number of carbonyl (C=O) groups is 3. The zero-order chi connectivity index (χ0) is 22.7. The molecule has 3 heterocycles. The Morgan fingerprint density at radius 2 is 1.69 bits per heavy atom. The van der Waals surface area contributed by atoms with Crippen molar-refractivity contribution < 1.29 is 14.4 Å². The number of hydrogen-bond acceptors (Lipinski definition) is 5. The normalized spacial score (nSPS) is 26.4. The number of carbonyl (C=O) groups excluding carboxylic acids is 3. The number of likely N-dealkylation sites (tertiary alicyclic amines) is 1. The number of piperidine rings is 1. The Bertz CT molecular complexity index is 824. The fraction of sp³-hybridized carbons (Fsp3) is 0.625. The SMILES string of the molecule is CCCCC(=O)N1CCN(C(=O)C2CN(CC)CC3C(=O)N(c4ccccc4)NC23)CC1. The molecule has 8 nitrogen and oxygen atoms in total. The largest absolute Gasteiger partial charge is 0.339 e. The van der Waals surface area contributed by atoms with Crippen molar-refractivity contribution in [1.82, 2.24) is 20.1 Å². The molecule has 0 aromatic heterocycles. The summed E-state index contributed by atoms with van der Waals surface area (Å²) in [6.45, 7) is 8.59. The van der Waals surface area contributed by atoms with Crippen LogP contribution in [0.15, 0.2) is 30.3 Å². The van der Waals surface area contributed by atoms with Crippen LogP contribution in [0.2, 0.25) is 0 Å². The van der Waals surface area contributed by atoms with E-state index in [9.17, 15) is 14.4 Å². The van der Waals surface area contributed by atoms with Crippen molar-refractivity contribution >= 4 is 23.4 Å². The first-order valence-corrected chi connectivity index (χ1v) is 12.0. The van der Waals surface area contributed by atoms with Gasteiger partial charge in [0.2, 0.25) is 17.7 Å². The highest BCUT2D eigenvalue weighted by atomic mass is 16.2. The second-order valence-electron chi connectivity index (χ2n) is 9.04. The molecule has 3 saturated heterocycles. The van der Waals surface area contributed by atoms with E-state index in [4.69, 9.17) is 0 Å². The Balaban J connectivity index is 1.44. The van der Waals surface area contributed by atoms with Gasteiger partial charge in [-0.2, -0.15) is 0 Å². The van der Waals surface area contributed by atoms with Gasteiger partial charge in [0.15, 0.2) is 0 Å². The third kappa shape index (κ3) is 4.52. The summed E-state index contributed by atoms with van der Waals surface area (Å²) in [7, 11) is 0. The van der Waals surface area contributed by atoms with Gasteiger partial charge in [-0.1, -0.05) is 38.5 Å². The minimum Gasteiger partial charge on any atom is -0.339 e. The van der Waals surface area contributed by atoms with Gasteiger partial charge in [-0.25, -0.2) is 10.4 Å². The number of anilines is 1. The number of hydrazine groups is 1. The predicted molar refractivity (Wildman–Crippen MR) is 123 cm³/mol. The van der Waals surface area contributed by atoms with E-state index in [1.54, 1.807) is 5.01 Å². The lowest BCUT2D eigenvalue weighted by Gasteiger charge is -2.42. The van der Waals surface area contributed by atoms with E-state index in [0.29, 0.717) is 45.7 Å². The summed E-state index contributed by atoms with van der Waals surface area (Å²) in [5.41, 5.74) is 4.17. The number of unbranched alkanes of at least 4 members (excludes halogenated alkanes) is 1. The number of para-hydroxylation sites is 1. The number of nitrogens with zero attached hydrogens (tertiary/aromatic N) is 4. The van der Waals surface area contributed by atoms with E-state index in [-0.39, 0.29) is 35.6 Å². The van der Waals surface area contributed by atoms with Crippen LogP contribution >= 0.6 is 0 Å².